The zero-order valence-electron chi connectivity index (χ0n) is 14.9. The fourth-order valence-electron chi connectivity index (χ4n) is 2.89. The highest BCUT2D eigenvalue weighted by Gasteiger charge is 1.96. The molecule has 126 valence electrons. The number of fused-ring (bicyclic) bond motifs is 2. The van der Waals surface area contributed by atoms with Crippen molar-refractivity contribution < 1.29 is 4.79 Å². The highest BCUT2D eigenvalue weighted by Crippen LogP contribution is 2.17. The Labute approximate surface area is 153 Å². The van der Waals surface area contributed by atoms with Gasteiger partial charge in [0, 0.05) is 5.56 Å². The molecule has 0 unspecified atom stereocenters. The zero-order valence-corrected chi connectivity index (χ0v) is 14.9. The zero-order chi connectivity index (χ0) is 18.5. The molecule has 4 aromatic carbocycles. The number of nitrogens with zero attached hydrogens (tertiary/aromatic N) is 1. The van der Waals surface area contributed by atoms with Gasteiger partial charge in [-0.1, -0.05) is 65.7 Å². The summed E-state index contributed by atoms with van der Waals surface area (Å²) in [5, 5.41) is 13.3. The van der Waals surface area contributed by atoms with E-state index in [4.69, 9.17) is 5.26 Å². The van der Waals surface area contributed by atoms with E-state index in [0.29, 0.717) is 0 Å². The summed E-state index contributed by atoms with van der Waals surface area (Å²) in [6.07, 6.45) is 0.874. The Morgan fingerprint density at radius 3 is 1.77 bits per heavy atom. The molecule has 26 heavy (non-hydrogen) atoms. The number of hydrogen-bond donors (Lipinski definition) is 0. The van der Waals surface area contributed by atoms with Crippen molar-refractivity contribution in [1.82, 2.24) is 0 Å². The Bertz CT molecular complexity index is 1140. The molecule has 2 heteroatoms. The van der Waals surface area contributed by atoms with E-state index in [0.717, 1.165) is 28.2 Å². The van der Waals surface area contributed by atoms with E-state index in [2.05, 4.69) is 44.2 Å². The van der Waals surface area contributed by atoms with Gasteiger partial charge < -0.3 is 0 Å². The van der Waals surface area contributed by atoms with E-state index >= 15 is 0 Å². The van der Waals surface area contributed by atoms with Crippen molar-refractivity contribution in [3.8, 4) is 6.07 Å². The normalized spacial score (nSPS) is 10.0. The highest BCUT2D eigenvalue weighted by atomic mass is 16.1. The number of aryl methyl sites for hydroxylation is 2. The van der Waals surface area contributed by atoms with Gasteiger partial charge in [-0.2, -0.15) is 5.26 Å². The van der Waals surface area contributed by atoms with Crippen LogP contribution in [0.4, 0.5) is 0 Å². The van der Waals surface area contributed by atoms with Crippen molar-refractivity contribution in [3.05, 3.63) is 95.1 Å². The lowest BCUT2D eigenvalue weighted by molar-refractivity contribution is 0.112. The van der Waals surface area contributed by atoms with Crippen molar-refractivity contribution in [1.29, 1.82) is 5.26 Å². The van der Waals surface area contributed by atoms with E-state index < -0.39 is 0 Å². The first kappa shape index (κ1) is 17.4. The maximum Gasteiger partial charge on any atom is 0.150 e. The SMILES string of the molecule is Cc1ccc2cc(C#N)ccc2c1.Cc1ccc2cc(C=O)ccc2c1. The molecule has 0 spiro atoms. The summed E-state index contributed by atoms with van der Waals surface area (Å²) in [6, 6.07) is 26.0. The first-order chi connectivity index (χ1) is 12.6. The van der Waals surface area contributed by atoms with Crippen LogP contribution in [0.1, 0.15) is 27.0 Å². The van der Waals surface area contributed by atoms with E-state index in [1.807, 2.05) is 48.5 Å². The lowest BCUT2D eigenvalue weighted by Crippen LogP contribution is -1.80. The standard InChI is InChI=1S/C12H9N.C12H10O/c2*1-9-2-4-12-7-10(8-13)3-5-11(12)6-9/h2-7H,1H3;2-8H,1H3. The predicted molar refractivity (Wildman–Crippen MR) is 107 cm³/mol. The average molecular weight is 337 g/mol. The third-order valence-corrected chi connectivity index (χ3v) is 4.28. The van der Waals surface area contributed by atoms with Gasteiger partial charge in [0.2, 0.25) is 0 Å². The summed E-state index contributed by atoms with van der Waals surface area (Å²) >= 11 is 0. The molecule has 4 rings (SSSR count). The molecule has 0 aliphatic carbocycles. The number of hydrogen-bond acceptors (Lipinski definition) is 2. The quantitative estimate of drug-likeness (QED) is 0.401. The molecule has 0 N–H and O–H groups in total. The minimum absolute atomic E-state index is 0.719. The van der Waals surface area contributed by atoms with E-state index in [1.165, 1.54) is 21.9 Å². The number of carbonyl (C=O) groups is 1. The number of aldehydes is 1. The molecule has 0 fully saturated rings. The Morgan fingerprint density at radius 2 is 1.19 bits per heavy atom. The molecular formula is C24H19NO. The second kappa shape index (κ2) is 7.63. The van der Waals surface area contributed by atoms with Crippen LogP contribution in [0, 0.1) is 25.2 Å². The average Bonchev–Trinajstić information content (AvgIpc) is 2.67. The monoisotopic (exact) mass is 337 g/mol. The molecule has 0 saturated carbocycles. The summed E-state index contributed by atoms with van der Waals surface area (Å²) in [4.78, 5) is 10.5. The van der Waals surface area contributed by atoms with Crippen LogP contribution in [0.15, 0.2) is 72.8 Å². The van der Waals surface area contributed by atoms with Crippen molar-refractivity contribution in [2.45, 2.75) is 13.8 Å². The molecule has 0 amide bonds. The molecule has 4 aromatic rings. The molecule has 0 aliphatic heterocycles. The molecule has 0 aliphatic rings. The summed E-state index contributed by atoms with van der Waals surface area (Å²) in [6.45, 7) is 4.13. The van der Waals surface area contributed by atoms with E-state index in [-0.39, 0.29) is 0 Å². The molecule has 0 heterocycles. The number of benzene rings is 4. The second-order valence-electron chi connectivity index (χ2n) is 6.41. The van der Waals surface area contributed by atoms with Crippen LogP contribution in [-0.2, 0) is 0 Å². The van der Waals surface area contributed by atoms with Gasteiger partial charge in [-0.15, -0.1) is 0 Å². The van der Waals surface area contributed by atoms with Crippen LogP contribution >= 0.6 is 0 Å². The second-order valence-corrected chi connectivity index (χ2v) is 6.41. The Balaban J connectivity index is 0.000000151. The van der Waals surface area contributed by atoms with E-state index in [9.17, 15) is 4.79 Å². The van der Waals surface area contributed by atoms with Gasteiger partial charge in [0.15, 0.2) is 0 Å². The summed E-state index contributed by atoms with van der Waals surface area (Å²) in [5.74, 6) is 0. The predicted octanol–water partition coefficient (Wildman–Crippen LogP) is 5.98. The largest absolute Gasteiger partial charge is 0.298 e. The molecule has 0 radical (unpaired) electrons. The smallest absolute Gasteiger partial charge is 0.150 e. The van der Waals surface area contributed by atoms with Crippen molar-refractivity contribution >= 4 is 27.8 Å². The van der Waals surface area contributed by atoms with Gasteiger partial charge in [0.05, 0.1) is 11.6 Å². The van der Waals surface area contributed by atoms with Crippen LogP contribution in [0.3, 0.4) is 0 Å². The third kappa shape index (κ3) is 3.96. The van der Waals surface area contributed by atoms with Gasteiger partial charge >= 0.3 is 0 Å². The summed E-state index contributed by atoms with van der Waals surface area (Å²) < 4.78 is 0. The molecule has 0 aromatic heterocycles. The van der Waals surface area contributed by atoms with Gasteiger partial charge in [-0.25, -0.2) is 0 Å². The van der Waals surface area contributed by atoms with Crippen LogP contribution < -0.4 is 0 Å². The number of rotatable bonds is 1. The molecule has 0 saturated heterocycles. The molecule has 0 bridgehead atoms. The number of nitriles is 1. The first-order valence-corrected chi connectivity index (χ1v) is 8.45. The highest BCUT2D eigenvalue weighted by molar-refractivity contribution is 5.89. The summed E-state index contributed by atoms with van der Waals surface area (Å²) in [5.41, 5.74) is 3.94. The molecule has 0 atom stereocenters. The third-order valence-electron chi connectivity index (χ3n) is 4.28. The fourth-order valence-corrected chi connectivity index (χ4v) is 2.89. The fraction of sp³-hybridized carbons (Fsp3) is 0.0833. The van der Waals surface area contributed by atoms with Crippen molar-refractivity contribution in [2.24, 2.45) is 0 Å². The topological polar surface area (TPSA) is 40.9 Å². The van der Waals surface area contributed by atoms with Crippen LogP contribution in [0.25, 0.3) is 21.5 Å². The summed E-state index contributed by atoms with van der Waals surface area (Å²) in [7, 11) is 0. The van der Waals surface area contributed by atoms with Crippen molar-refractivity contribution in [3.63, 3.8) is 0 Å². The minimum atomic E-state index is 0.719. The van der Waals surface area contributed by atoms with Crippen LogP contribution in [0.5, 0.6) is 0 Å². The molecule has 2 nitrogen and oxygen atoms in total. The van der Waals surface area contributed by atoms with Gasteiger partial charge in [-0.05, 0) is 53.6 Å². The maximum atomic E-state index is 10.5. The van der Waals surface area contributed by atoms with Crippen LogP contribution in [0.2, 0.25) is 0 Å². The Kier molecular flexibility index (Phi) is 5.10. The maximum absolute atomic E-state index is 10.5. The van der Waals surface area contributed by atoms with Gasteiger partial charge in [0.25, 0.3) is 0 Å². The van der Waals surface area contributed by atoms with Gasteiger partial charge in [0.1, 0.15) is 6.29 Å². The van der Waals surface area contributed by atoms with Gasteiger partial charge in [-0.3, -0.25) is 4.79 Å². The first-order valence-electron chi connectivity index (χ1n) is 8.45. The minimum Gasteiger partial charge on any atom is -0.298 e. The van der Waals surface area contributed by atoms with E-state index in [1.54, 1.807) is 0 Å². The van der Waals surface area contributed by atoms with Crippen molar-refractivity contribution in [2.75, 3.05) is 0 Å². The Hall–Kier alpha value is -3.44. The number of carbonyl (C=O) groups excluding carboxylic acids is 1. The lowest BCUT2D eigenvalue weighted by atomic mass is 10.1. The Morgan fingerprint density at radius 1 is 0.692 bits per heavy atom. The van der Waals surface area contributed by atoms with Crippen LogP contribution in [-0.4, -0.2) is 6.29 Å². The lowest BCUT2D eigenvalue weighted by Gasteiger charge is -1.99. The molecular weight excluding hydrogens is 318 g/mol.